The van der Waals surface area contributed by atoms with Gasteiger partial charge in [0, 0.05) is 11.1 Å². The molecule has 3 N–H and O–H groups in total. The van der Waals surface area contributed by atoms with E-state index in [9.17, 15) is 19.8 Å². The van der Waals surface area contributed by atoms with Crippen molar-refractivity contribution < 1.29 is 39.1 Å². The minimum absolute atomic E-state index is 0.0239. The number of rotatable bonds is 58. The highest BCUT2D eigenvalue weighted by Gasteiger charge is 2.24. The summed E-state index contributed by atoms with van der Waals surface area (Å²) in [4.78, 5) is 26.1. The Morgan fingerprint density at radius 2 is 0.534 bits per heavy atom. The molecular weight excluding hydrogens is 1090 g/mol. The number of hydrogen-bond acceptors (Lipinski definition) is 8. The number of aromatic hydroxyl groups is 3. The molecule has 0 heterocycles. The number of ether oxygens (including phenoxy) is 3. The van der Waals surface area contributed by atoms with Crippen molar-refractivity contribution in [2.75, 3.05) is 19.8 Å². The Kier molecular flexibility index (Phi) is 48.2. The summed E-state index contributed by atoms with van der Waals surface area (Å²) in [7, 11) is 0. The molecule has 88 heavy (non-hydrogen) atoms. The maximum atomic E-state index is 14.1. The average molecular weight is 1220 g/mol. The van der Waals surface area contributed by atoms with E-state index in [0.29, 0.717) is 53.8 Å². The van der Waals surface area contributed by atoms with Gasteiger partial charge in [0.2, 0.25) is 11.5 Å². The number of phenols is 3. The van der Waals surface area contributed by atoms with Crippen molar-refractivity contribution in [1.82, 2.24) is 0 Å². The van der Waals surface area contributed by atoms with E-state index in [-0.39, 0.29) is 11.3 Å². The zero-order valence-corrected chi connectivity index (χ0v) is 56.5. The quantitative estimate of drug-likeness (QED) is 0.0227. The summed E-state index contributed by atoms with van der Waals surface area (Å²) >= 11 is 0. The molecule has 0 amide bonds. The monoisotopic (exact) mass is 1220 g/mol. The Balaban J connectivity index is 0.00000101. The second-order valence-corrected chi connectivity index (χ2v) is 25.4. The third kappa shape index (κ3) is 37.2. The first kappa shape index (κ1) is 77.3. The second kappa shape index (κ2) is 54.9. The van der Waals surface area contributed by atoms with Gasteiger partial charge in [-0.3, -0.25) is 9.59 Å². The molecule has 0 aromatic heterocycles. The summed E-state index contributed by atoms with van der Waals surface area (Å²) in [5.41, 5.74) is 1.59. The molecule has 0 unspecified atom stereocenters. The van der Waals surface area contributed by atoms with Crippen molar-refractivity contribution in [1.29, 1.82) is 0 Å². The second-order valence-electron chi connectivity index (χ2n) is 25.4. The fourth-order valence-corrected chi connectivity index (χ4v) is 11.8. The summed E-state index contributed by atoms with van der Waals surface area (Å²) in [5.74, 6) is -0.295. The van der Waals surface area contributed by atoms with Gasteiger partial charge in [0.1, 0.15) is 0 Å². The summed E-state index contributed by atoms with van der Waals surface area (Å²) < 4.78 is 19.9. The van der Waals surface area contributed by atoms with Gasteiger partial charge < -0.3 is 29.5 Å². The molecule has 4 aromatic rings. The Morgan fingerprint density at radius 1 is 0.273 bits per heavy atom. The highest BCUT2D eigenvalue weighted by molar-refractivity contribution is 6.12. The predicted molar refractivity (Wildman–Crippen MR) is 373 cm³/mol. The van der Waals surface area contributed by atoms with E-state index in [2.05, 4.69) is 20.8 Å². The zero-order valence-electron chi connectivity index (χ0n) is 56.5. The van der Waals surface area contributed by atoms with Crippen molar-refractivity contribution >= 4 is 11.6 Å². The van der Waals surface area contributed by atoms with Crippen molar-refractivity contribution in [2.45, 2.75) is 329 Å². The van der Waals surface area contributed by atoms with Gasteiger partial charge >= 0.3 is 0 Å². The Morgan fingerprint density at radius 3 is 0.852 bits per heavy atom. The Labute approximate surface area is 538 Å². The van der Waals surface area contributed by atoms with Gasteiger partial charge in [-0.2, -0.15) is 0 Å². The van der Waals surface area contributed by atoms with Gasteiger partial charge in [-0.05, 0) is 43.5 Å². The summed E-state index contributed by atoms with van der Waals surface area (Å²) in [5, 5.41) is 28.1. The SMILES string of the molecule is CCCCCCCCCCCCCCCCCCOc1ccc(C(=O)c2ccccc2)c(OCCCCCCCCCCCCCCCCCC)c1OCCCCCCCCCCCCCCCCCC.O=C(c1ccccc1)c1ccc(O)c(O)c1O. The molecule has 0 saturated carbocycles. The highest BCUT2D eigenvalue weighted by Crippen LogP contribution is 2.42. The third-order valence-corrected chi connectivity index (χ3v) is 17.5. The summed E-state index contributed by atoms with van der Waals surface area (Å²) in [6.45, 7) is 8.73. The molecule has 0 fully saturated rings. The molecule has 0 saturated heterocycles. The third-order valence-electron chi connectivity index (χ3n) is 17.5. The molecule has 4 rings (SSSR count). The molecule has 0 bridgehead atoms. The molecule has 8 nitrogen and oxygen atoms in total. The lowest BCUT2D eigenvalue weighted by Gasteiger charge is -2.20. The van der Waals surface area contributed by atoms with Crippen LogP contribution in [0.1, 0.15) is 361 Å². The molecule has 0 aliphatic rings. The number of carbonyl (C=O) groups excluding carboxylic acids is 2. The highest BCUT2D eigenvalue weighted by atomic mass is 16.5. The predicted octanol–water partition coefficient (Wildman–Crippen LogP) is 24.9. The zero-order chi connectivity index (χ0) is 63.0. The van der Waals surface area contributed by atoms with Crippen LogP contribution in [0.15, 0.2) is 84.9 Å². The van der Waals surface area contributed by atoms with Crippen LogP contribution >= 0.6 is 0 Å². The van der Waals surface area contributed by atoms with Crippen molar-refractivity contribution in [3.05, 3.63) is 107 Å². The van der Waals surface area contributed by atoms with Crippen molar-refractivity contribution in [2.24, 2.45) is 0 Å². The van der Waals surface area contributed by atoms with Crippen LogP contribution in [0, 0.1) is 0 Å². The number of ketones is 2. The van der Waals surface area contributed by atoms with Crippen molar-refractivity contribution in [3.8, 4) is 34.5 Å². The lowest BCUT2D eigenvalue weighted by Crippen LogP contribution is -2.11. The van der Waals surface area contributed by atoms with Crippen LogP contribution in [0.4, 0.5) is 0 Å². The number of phenolic OH excluding ortho intramolecular Hbond substituents is 3. The van der Waals surface area contributed by atoms with Crippen LogP contribution in [0.5, 0.6) is 34.5 Å². The molecule has 0 aliphatic carbocycles. The summed E-state index contributed by atoms with van der Waals surface area (Å²) in [6.07, 6.45) is 64.6. The normalized spacial score (nSPS) is 11.2. The Bertz CT molecular complexity index is 2260. The molecule has 8 heteroatoms. The molecule has 4 aromatic carbocycles. The lowest BCUT2D eigenvalue weighted by atomic mass is 10.0. The number of unbranched alkanes of at least 4 members (excludes halogenated alkanes) is 45. The van der Waals surface area contributed by atoms with Crippen LogP contribution in [0.3, 0.4) is 0 Å². The topological polar surface area (TPSA) is 123 Å². The minimum Gasteiger partial charge on any atom is -0.504 e. The van der Waals surface area contributed by atoms with E-state index in [1.54, 1.807) is 30.3 Å². The van der Waals surface area contributed by atoms with Crippen LogP contribution < -0.4 is 14.2 Å². The minimum atomic E-state index is -0.688. The number of hydrogen-bond donors (Lipinski definition) is 3. The maximum absolute atomic E-state index is 14.1. The standard InChI is InChI=1S/C67H118O4.C13H10O4/c1-4-7-10-13-16-19-22-25-28-31-34-37-40-43-46-52-59-69-64-58-57-63(65(68)62-55-50-49-51-56-62)66(70-60-53-47-44-41-38-35-32-29-26-23-20-17-14-11-8-5-2)67(64)71-61-54-48-45-42-39-36-33-30-27-24-21-18-15-12-9-6-3;14-10-7-6-9(12(16)13(10)17)11(15)8-4-2-1-3-5-8/h49-51,55-58H,4-48,52-54,59-61H2,1-3H3;1-7,14,16-17H. The molecule has 0 atom stereocenters. The van der Waals surface area contributed by atoms with Gasteiger partial charge in [0.25, 0.3) is 0 Å². The first-order valence-corrected chi connectivity index (χ1v) is 36.8. The number of benzene rings is 4. The van der Waals surface area contributed by atoms with Gasteiger partial charge in [-0.15, -0.1) is 0 Å². The largest absolute Gasteiger partial charge is 0.504 e. The van der Waals surface area contributed by atoms with E-state index < -0.39 is 23.0 Å². The summed E-state index contributed by atoms with van der Waals surface area (Å²) in [6, 6.07) is 24.3. The smallest absolute Gasteiger partial charge is 0.204 e. The van der Waals surface area contributed by atoms with E-state index in [0.717, 1.165) is 38.2 Å². The van der Waals surface area contributed by atoms with Crippen LogP contribution in [0.25, 0.3) is 0 Å². The van der Waals surface area contributed by atoms with Crippen molar-refractivity contribution in [3.63, 3.8) is 0 Å². The Hall–Kier alpha value is -4.98. The van der Waals surface area contributed by atoms with Crippen LogP contribution in [-0.4, -0.2) is 46.7 Å². The molecule has 496 valence electrons. The van der Waals surface area contributed by atoms with E-state index in [1.807, 2.05) is 42.5 Å². The average Bonchev–Trinajstić information content (AvgIpc) is 1.95. The maximum Gasteiger partial charge on any atom is 0.204 e. The van der Waals surface area contributed by atoms with Crippen LogP contribution in [0.2, 0.25) is 0 Å². The first-order valence-electron chi connectivity index (χ1n) is 36.8. The van der Waals surface area contributed by atoms with Gasteiger partial charge in [0.15, 0.2) is 34.6 Å². The van der Waals surface area contributed by atoms with E-state index in [1.165, 1.54) is 282 Å². The molecule has 0 radical (unpaired) electrons. The first-order chi connectivity index (χ1) is 43.3. The van der Waals surface area contributed by atoms with Gasteiger partial charge in [-0.25, -0.2) is 0 Å². The molecule has 0 spiro atoms. The van der Waals surface area contributed by atoms with Crippen LogP contribution in [-0.2, 0) is 0 Å². The molecule has 0 aliphatic heterocycles. The van der Waals surface area contributed by atoms with E-state index >= 15 is 0 Å². The molecular formula is C80H128O8. The number of carbonyl (C=O) groups is 2. The van der Waals surface area contributed by atoms with Gasteiger partial charge in [0.05, 0.1) is 30.9 Å². The fourth-order valence-electron chi connectivity index (χ4n) is 11.8. The van der Waals surface area contributed by atoms with Gasteiger partial charge in [-0.1, -0.05) is 370 Å². The lowest BCUT2D eigenvalue weighted by molar-refractivity contribution is 0.102. The fraction of sp³-hybridized carbons (Fsp3) is 0.675. The van der Waals surface area contributed by atoms with E-state index in [4.69, 9.17) is 19.3 Å².